The van der Waals surface area contributed by atoms with Gasteiger partial charge in [-0.15, -0.1) is 0 Å². The van der Waals surface area contributed by atoms with Crippen LogP contribution in [0.1, 0.15) is 76.3 Å². The molecule has 3 rings (SSSR count). The molecular weight excluding hydrogens is 316 g/mol. The summed E-state index contributed by atoms with van der Waals surface area (Å²) in [6.07, 6.45) is 20.5. The van der Waals surface area contributed by atoms with Crippen LogP contribution in [0.15, 0.2) is 35.9 Å². The Hall–Kier alpha value is -1.89. The van der Waals surface area contributed by atoms with E-state index in [0.717, 1.165) is 5.57 Å². The Kier molecular flexibility index (Phi) is 6.66. The van der Waals surface area contributed by atoms with Gasteiger partial charge in [0.15, 0.2) is 5.78 Å². The minimum absolute atomic E-state index is 0.108. The molecule has 2 aliphatic carbocycles. The van der Waals surface area contributed by atoms with E-state index in [0.29, 0.717) is 0 Å². The molecule has 1 nitrogen and oxygen atoms in total. The third-order valence-electron chi connectivity index (χ3n) is 5.65. The van der Waals surface area contributed by atoms with Crippen molar-refractivity contribution < 1.29 is 4.79 Å². The molecule has 0 atom stereocenters. The van der Waals surface area contributed by atoms with E-state index in [1.165, 1.54) is 85.8 Å². The van der Waals surface area contributed by atoms with Crippen molar-refractivity contribution in [2.24, 2.45) is 0 Å². The lowest BCUT2D eigenvalue weighted by Crippen LogP contribution is -2.28. The van der Waals surface area contributed by atoms with Crippen LogP contribution in [0.25, 0.3) is 11.6 Å². The van der Waals surface area contributed by atoms with Crippen molar-refractivity contribution in [3.63, 3.8) is 0 Å². The predicted octanol–water partition coefficient (Wildman–Crippen LogP) is 4.94. The molecule has 0 bridgehead atoms. The number of aryl methyl sites for hydroxylation is 1. The molecule has 0 heterocycles. The Morgan fingerprint density at radius 2 is 1.50 bits per heavy atom. The van der Waals surface area contributed by atoms with E-state index in [4.69, 9.17) is 0 Å². The average Bonchev–Trinajstić information content (AvgIpc) is 3.00. The SMILES string of the molecule is CCCCCCc1ccc2c(c1CCCCCC)=CC1=CC(=O)C=CC=21. The number of hydrogen-bond donors (Lipinski definition) is 0. The summed E-state index contributed by atoms with van der Waals surface area (Å²) < 4.78 is 0. The standard InChI is InChI=1S/C25H32O/c1-3-5-7-9-11-19-13-15-24-23-16-14-21(26)17-20(23)18-25(24)22(19)12-10-8-6-4-2/h13-18H,3-12H2,1-2H3. The first-order valence-electron chi connectivity index (χ1n) is 10.6. The van der Waals surface area contributed by atoms with E-state index in [1.807, 2.05) is 6.08 Å². The average molecular weight is 349 g/mol. The molecule has 0 aliphatic heterocycles. The van der Waals surface area contributed by atoms with Crippen LogP contribution < -0.4 is 10.4 Å². The van der Waals surface area contributed by atoms with Gasteiger partial charge < -0.3 is 0 Å². The van der Waals surface area contributed by atoms with Crippen LogP contribution in [-0.2, 0) is 17.6 Å². The topological polar surface area (TPSA) is 17.1 Å². The van der Waals surface area contributed by atoms with Gasteiger partial charge in [-0.1, -0.05) is 64.5 Å². The number of carbonyl (C=O) groups is 1. The highest BCUT2D eigenvalue weighted by Gasteiger charge is 2.17. The summed E-state index contributed by atoms with van der Waals surface area (Å²) in [4.78, 5) is 11.8. The fourth-order valence-corrected chi connectivity index (χ4v) is 4.17. The molecule has 0 spiro atoms. The maximum Gasteiger partial charge on any atom is 0.179 e. The Balaban J connectivity index is 1.93. The van der Waals surface area contributed by atoms with Crippen molar-refractivity contribution in [3.8, 4) is 0 Å². The molecule has 0 aromatic heterocycles. The Morgan fingerprint density at radius 3 is 2.23 bits per heavy atom. The molecule has 0 unspecified atom stereocenters. The lowest BCUT2D eigenvalue weighted by Gasteiger charge is -2.11. The predicted molar refractivity (Wildman–Crippen MR) is 111 cm³/mol. The smallest absolute Gasteiger partial charge is 0.179 e. The van der Waals surface area contributed by atoms with Crippen molar-refractivity contribution in [1.82, 2.24) is 0 Å². The first kappa shape index (κ1) is 18.9. The van der Waals surface area contributed by atoms with Crippen molar-refractivity contribution in [2.75, 3.05) is 0 Å². The van der Waals surface area contributed by atoms with E-state index in [9.17, 15) is 4.79 Å². The fourth-order valence-electron chi connectivity index (χ4n) is 4.17. The highest BCUT2D eigenvalue weighted by atomic mass is 16.1. The summed E-state index contributed by atoms with van der Waals surface area (Å²) >= 11 is 0. The second kappa shape index (κ2) is 9.16. The number of benzene rings is 1. The van der Waals surface area contributed by atoms with E-state index >= 15 is 0 Å². The molecule has 2 aliphatic rings. The maximum atomic E-state index is 11.8. The number of rotatable bonds is 10. The van der Waals surface area contributed by atoms with Crippen LogP contribution in [-0.4, -0.2) is 5.78 Å². The van der Waals surface area contributed by atoms with E-state index in [1.54, 1.807) is 17.7 Å². The summed E-state index contributed by atoms with van der Waals surface area (Å²) in [7, 11) is 0. The second-order valence-corrected chi connectivity index (χ2v) is 7.68. The molecule has 0 N–H and O–H groups in total. The van der Waals surface area contributed by atoms with Gasteiger partial charge >= 0.3 is 0 Å². The van der Waals surface area contributed by atoms with Crippen molar-refractivity contribution >= 4 is 17.4 Å². The molecule has 0 radical (unpaired) electrons. The Bertz CT molecular complexity index is 836. The molecule has 0 fully saturated rings. The Morgan fingerprint density at radius 1 is 0.769 bits per heavy atom. The van der Waals surface area contributed by atoms with Gasteiger partial charge in [0, 0.05) is 0 Å². The second-order valence-electron chi connectivity index (χ2n) is 7.68. The first-order valence-corrected chi connectivity index (χ1v) is 10.6. The normalized spacial score (nSPS) is 14.9. The van der Waals surface area contributed by atoms with Gasteiger partial charge in [0.05, 0.1) is 0 Å². The molecule has 1 aromatic rings. The number of carbonyl (C=O) groups excluding carboxylic acids is 1. The quantitative estimate of drug-likeness (QED) is 0.547. The number of allylic oxidation sites excluding steroid dienone is 4. The van der Waals surface area contributed by atoms with Gasteiger partial charge in [-0.05, 0) is 82.7 Å². The summed E-state index contributed by atoms with van der Waals surface area (Å²) in [5.41, 5.74) is 5.40. The van der Waals surface area contributed by atoms with Crippen LogP contribution in [0.5, 0.6) is 0 Å². The molecule has 1 heteroatoms. The zero-order valence-electron chi connectivity index (χ0n) is 16.4. The number of fused-ring (bicyclic) bond motifs is 2. The third-order valence-corrected chi connectivity index (χ3v) is 5.65. The summed E-state index contributed by atoms with van der Waals surface area (Å²) in [6, 6.07) is 4.64. The van der Waals surface area contributed by atoms with Crippen LogP contribution >= 0.6 is 0 Å². The number of ketones is 1. The molecule has 26 heavy (non-hydrogen) atoms. The zero-order chi connectivity index (χ0) is 18.4. The van der Waals surface area contributed by atoms with E-state index < -0.39 is 0 Å². The van der Waals surface area contributed by atoms with Gasteiger partial charge in [-0.2, -0.15) is 0 Å². The molecule has 0 amide bonds. The molecular formula is C25H32O. The maximum absolute atomic E-state index is 11.8. The molecule has 0 saturated heterocycles. The first-order chi connectivity index (χ1) is 12.7. The fraction of sp³-hybridized carbons (Fsp3) is 0.480. The molecule has 1 aromatic carbocycles. The largest absolute Gasteiger partial charge is 0.290 e. The lowest BCUT2D eigenvalue weighted by atomic mass is 9.94. The minimum Gasteiger partial charge on any atom is -0.290 e. The van der Waals surface area contributed by atoms with Gasteiger partial charge in [0.25, 0.3) is 0 Å². The van der Waals surface area contributed by atoms with Gasteiger partial charge in [-0.25, -0.2) is 0 Å². The summed E-state index contributed by atoms with van der Waals surface area (Å²) in [5, 5.41) is 2.71. The van der Waals surface area contributed by atoms with E-state index in [-0.39, 0.29) is 5.78 Å². The van der Waals surface area contributed by atoms with Crippen LogP contribution in [0.3, 0.4) is 0 Å². The van der Waals surface area contributed by atoms with Gasteiger partial charge in [-0.3, -0.25) is 4.79 Å². The van der Waals surface area contributed by atoms with Crippen molar-refractivity contribution in [2.45, 2.75) is 78.1 Å². The van der Waals surface area contributed by atoms with Gasteiger partial charge in [0.2, 0.25) is 0 Å². The summed E-state index contributed by atoms with van der Waals surface area (Å²) in [5.74, 6) is 0.108. The third kappa shape index (κ3) is 4.26. The van der Waals surface area contributed by atoms with Crippen LogP contribution in [0.4, 0.5) is 0 Å². The van der Waals surface area contributed by atoms with Crippen LogP contribution in [0, 0.1) is 0 Å². The lowest BCUT2D eigenvalue weighted by molar-refractivity contribution is -0.110. The Labute approximate surface area is 158 Å². The number of hydrogen-bond acceptors (Lipinski definition) is 1. The van der Waals surface area contributed by atoms with Crippen molar-refractivity contribution in [1.29, 1.82) is 0 Å². The minimum atomic E-state index is 0.108. The zero-order valence-corrected chi connectivity index (χ0v) is 16.4. The van der Waals surface area contributed by atoms with Crippen LogP contribution in [0.2, 0.25) is 0 Å². The highest BCUT2D eigenvalue weighted by molar-refractivity contribution is 6.09. The number of unbranched alkanes of at least 4 members (excludes halogenated alkanes) is 6. The van der Waals surface area contributed by atoms with Crippen molar-refractivity contribution in [3.05, 3.63) is 57.5 Å². The molecule has 0 saturated carbocycles. The van der Waals surface area contributed by atoms with E-state index in [2.05, 4.69) is 32.1 Å². The van der Waals surface area contributed by atoms with Gasteiger partial charge in [0.1, 0.15) is 0 Å². The summed E-state index contributed by atoms with van der Waals surface area (Å²) in [6.45, 7) is 4.54. The highest BCUT2D eigenvalue weighted by Crippen LogP contribution is 2.22. The monoisotopic (exact) mass is 348 g/mol. The molecule has 138 valence electrons.